The third-order valence-corrected chi connectivity index (χ3v) is 4.05. The number of ether oxygens (including phenoxy) is 2. The predicted octanol–water partition coefficient (Wildman–Crippen LogP) is 2.93. The molecule has 0 N–H and O–H groups in total. The second-order valence-electron chi connectivity index (χ2n) is 6.24. The number of carbonyl (C=O) groups is 1. The lowest BCUT2D eigenvalue weighted by atomic mass is 10.2. The molecule has 2 aromatic rings. The summed E-state index contributed by atoms with van der Waals surface area (Å²) in [5.74, 6) is 0.522. The number of methoxy groups -OCH3 is 2. The summed E-state index contributed by atoms with van der Waals surface area (Å²) < 4.78 is 23.9. The highest BCUT2D eigenvalue weighted by Crippen LogP contribution is 2.18. The van der Waals surface area contributed by atoms with E-state index in [1.807, 2.05) is 36.2 Å². The SMILES string of the molecule is COc1cccc(CN(C)CC(=O)N(C)Cc2ccc(OC)c(F)c2)c1. The van der Waals surface area contributed by atoms with Crippen molar-refractivity contribution in [3.63, 3.8) is 0 Å². The molecule has 5 nitrogen and oxygen atoms in total. The summed E-state index contributed by atoms with van der Waals surface area (Å²) in [6.45, 7) is 1.24. The van der Waals surface area contributed by atoms with Crippen LogP contribution in [-0.4, -0.2) is 50.6 Å². The quantitative estimate of drug-likeness (QED) is 0.726. The largest absolute Gasteiger partial charge is 0.497 e. The molecular formula is C20H25FN2O3. The molecule has 0 aliphatic rings. The summed E-state index contributed by atoms with van der Waals surface area (Å²) >= 11 is 0. The van der Waals surface area contributed by atoms with Gasteiger partial charge in [0.1, 0.15) is 5.75 Å². The smallest absolute Gasteiger partial charge is 0.236 e. The summed E-state index contributed by atoms with van der Waals surface area (Å²) in [6, 6.07) is 12.5. The Morgan fingerprint density at radius 3 is 2.38 bits per heavy atom. The van der Waals surface area contributed by atoms with Crippen LogP contribution in [0.5, 0.6) is 11.5 Å². The molecule has 0 aliphatic carbocycles. The zero-order valence-electron chi connectivity index (χ0n) is 15.7. The van der Waals surface area contributed by atoms with E-state index in [0.717, 1.165) is 16.9 Å². The highest BCUT2D eigenvalue weighted by atomic mass is 19.1. The Morgan fingerprint density at radius 1 is 1.00 bits per heavy atom. The Labute approximate surface area is 153 Å². The predicted molar refractivity (Wildman–Crippen MR) is 98.8 cm³/mol. The van der Waals surface area contributed by atoms with Gasteiger partial charge in [0.25, 0.3) is 0 Å². The molecule has 0 bridgehead atoms. The second-order valence-corrected chi connectivity index (χ2v) is 6.24. The molecule has 0 fully saturated rings. The first kappa shape index (κ1) is 19.7. The molecule has 2 aromatic carbocycles. The zero-order valence-corrected chi connectivity index (χ0v) is 15.7. The van der Waals surface area contributed by atoms with E-state index < -0.39 is 5.82 Å². The first-order valence-electron chi connectivity index (χ1n) is 8.30. The van der Waals surface area contributed by atoms with Gasteiger partial charge in [-0.25, -0.2) is 4.39 Å². The molecule has 1 amide bonds. The van der Waals surface area contributed by atoms with Gasteiger partial charge in [-0.05, 0) is 42.4 Å². The van der Waals surface area contributed by atoms with Crippen molar-refractivity contribution in [2.24, 2.45) is 0 Å². The monoisotopic (exact) mass is 360 g/mol. The highest BCUT2D eigenvalue weighted by Gasteiger charge is 2.14. The average molecular weight is 360 g/mol. The molecule has 0 aliphatic heterocycles. The number of amides is 1. The first-order chi connectivity index (χ1) is 12.4. The summed E-state index contributed by atoms with van der Waals surface area (Å²) in [5, 5.41) is 0. The van der Waals surface area contributed by atoms with Crippen LogP contribution in [0.2, 0.25) is 0 Å². The second kappa shape index (κ2) is 9.20. The topological polar surface area (TPSA) is 42.0 Å². The maximum atomic E-state index is 13.8. The van der Waals surface area contributed by atoms with Crippen molar-refractivity contribution < 1.29 is 18.7 Å². The van der Waals surface area contributed by atoms with Crippen molar-refractivity contribution in [1.82, 2.24) is 9.80 Å². The van der Waals surface area contributed by atoms with E-state index in [2.05, 4.69) is 0 Å². The average Bonchev–Trinajstić information content (AvgIpc) is 2.61. The lowest BCUT2D eigenvalue weighted by Crippen LogP contribution is -2.36. The fraction of sp³-hybridized carbons (Fsp3) is 0.350. The standard InChI is InChI=1S/C20H25FN2O3/c1-22(12-15-6-5-7-17(10-15)25-3)14-20(24)23(2)13-16-8-9-19(26-4)18(21)11-16/h5-11H,12-14H2,1-4H3. The molecule has 0 atom stereocenters. The zero-order chi connectivity index (χ0) is 19.1. The van der Waals surface area contributed by atoms with Gasteiger partial charge >= 0.3 is 0 Å². The number of halogens is 1. The Balaban J connectivity index is 1.90. The maximum absolute atomic E-state index is 13.8. The van der Waals surface area contributed by atoms with Gasteiger partial charge in [-0.2, -0.15) is 0 Å². The van der Waals surface area contributed by atoms with E-state index in [1.165, 1.54) is 13.2 Å². The summed E-state index contributed by atoms with van der Waals surface area (Å²) in [5.41, 5.74) is 1.79. The van der Waals surface area contributed by atoms with Crippen LogP contribution in [0.4, 0.5) is 4.39 Å². The van der Waals surface area contributed by atoms with Crippen molar-refractivity contribution in [3.05, 3.63) is 59.4 Å². The molecule has 0 unspecified atom stereocenters. The third kappa shape index (κ3) is 5.46. The molecule has 26 heavy (non-hydrogen) atoms. The van der Waals surface area contributed by atoms with Gasteiger partial charge in [0.15, 0.2) is 11.6 Å². The number of carbonyl (C=O) groups excluding carboxylic acids is 1. The van der Waals surface area contributed by atoms with Gasteiger partial charge in [-0.3, -0.25) is 9.69 Å². The number of hydrogen-bond acceptors (Lipinski definition) is 4. The number of rotatable bonds is 8. The van der Waals surface area contributed by atoms with Crippen molar-refractivity contribution in [2.45, 2.75) is 13.1 Å². The van der Waals surface area contributed by atoms with Crippen LogP contribution in [0.1, 0.15) is 11.1 Å². The van der Waals surface area contributed by atoms with E-state index >= 15 is 0 Å². The number of nitrogens with zero attached hydrogens (tertiary/aromatic N) is 2. The van der Waals surface area contributed by atoms with Gasteiger partial charge in [-0.1, -0.05) is 18.2 Å². The molecule has 140 valence electrons. The lowest BCUT2D eigenvalue weighted by molar-refractivity contribution is -0.131. The van der Waals surface area contributed by atoms with Crippen LogP contribution in [0, 0.1) is 5.82 Å². The van der Waals surface area contributed by atoms with Crippen molar-refractivity contribution >= 4 is 5.91 Å². The van der Waals surface area contributed by atoms with E-state index in [0.29, 0.717) is 13.1 Å². The Hall–Kier alpha value is -2.60. The molecule has 2 rings (SSSR count). The summed E-state index contributed by atoms with van der Waals surface area (Å²) in [6.07, 6.45) is 0. The van der Waals surface area contributed by atoms with Crippen LogP contribution < -0.4 is 9.47 Å². The molecule has 6 heteroatoms. The molecule has 0 saturated heterocycles. The van der Waals surface area contributed by atoms with E-state index in [-0.39, 0.29) is 18.2 Å². The highest BCUT2D eigenvalue weighted by molar-refractivity contribution is 5.78. The van der Waals surface area contributed by atoms with E-state index in [9.17, 15) is 9.18 Å². The van der Waals surface area contributed by atoms with Crippen LogP contribution >= 0.6 is 0 Å². The van der Waals surface area contributed by atoms with E-state index in [1.54, 1.807) is 31.2 Å². The van der Waals surface area contributed by atoms with Crippen LogP contribution in [0.3, 0.4) is 0 Å². The molecule has 0 radical (unpaired) electrons. The van der Waals surface area contributed by atoms with Crippen molar-refractivity contribution in [2.75, 3.05) is 34.9 Å². The summed E-state index contributed by atoms with van der Waals surface area (Å²) in [7, 11) is 6.65. The molecule has 0 saturated carbocycles. The minimum absolute atomic E-state index is 0.0355. The minimum atomic E-state index is -0.430. The maximum Gasteiger partial charge on any atom is 0.236 e. The third-order valence-electron chi connectivity index (χ3n) is 4.05. The van der Waals surface area contributed by atoms with Gasteiger partial charge in [0.05, 0.1) is 20.8 Å². The molecular weight excluding hydrogens is 335 g/mol. The Morgan fingerprint density at radius 2 is 1.73 bits per heavy atom. The minimum Gasteiger partial charge on any atom is -0.497 e. The lowest BCUT2D eigenvalue weighted by Gasteiger charge is -2.22. The van der Waals surface area contributed by atoms with Gasteiger partial charge in [0.2, 0.25) is 5.91 Å². The molecule has 0 heterocycles. The Kier molecular flexibility index (Phi) is 6.97. The van der Waals surface area contributed by atoms with Crippen LogP contribution in [0.25, 0.3) is 0 Å². The number of benzene rings is 2. The first-order valence-corrected chi connectivity index (χ1v) is 8.30. The van der Waals surface area contributed by atoms with Crippen molar-refractivity contribution in [1.29, 1.82) is 0 Å². The fourth-order valence-electron chi connectivity index (χ4n) is 2.66. The van der Waals surface area contributed by atoms with Gasteiger partial charge in [0, 0.05) is 20.1 Å². The fourth-order valence-corrected chi connectivity index (χ4v) is 2.66. The number of hydrogen-bond donors (Lipinski definition) is 0. The normalized spacial score (nSPS) is 10.7. The van der Waals surface area contributed by atoms with Gasteiger partial charge < -0.3 is 14.4 Å². The van der Waals surface area contributed by atoms with Gasteiger partial charge in [-0.15, -0.1) is 0 Å². The molecule has 0 spiro atoms. The number of likely N-dealkylation sites (N-methyl/N-ethyl adjacent to an activating group) is 2. The van der Waals surface area contributed by atoms with Crippen molar-refractivity contribution in [3.8, 4) is 11.5 Å². The summed E-state index contributed by atoms with van der Waals surface area (Å²) in [4.78, 5) is 15.9. The van der Waals surface area contributed by atoms with Crippen LogP contribution in [0.15, 0.2) is 42.5 Å². The Bertz CT molecular complexity index is 752. The van der Waals surface area contributed by atoms with Crippen LogP contribution in [-0.2, 0) is 17.9 Å². The van der Waals surface area contributed by atoms with E-state index in [4.69, 9.17) is 9.47 Å². The molecule has 0 aromatic heterocycles.